The molecule has 120 valence electrons. The third kappa shape index (κ3) is 3.79. The van der Waals surface area contributed by atoms with Gasteiger partial charge in [-0.2, -0.15) is 0 Å². The first-order valence-corrected chi connectivity index (χ1v) is 6.80. The van der Waals surface area contributed by atoms with E-state index in [0.29, 0.717) is 28.3 Å². The number of rotatable bonds is 5. The van der Waals surface area contributed by atoms with Crippen LogP contribution in [0.5, 0.6) is 11.5 Å². The molecule has 0 radical (unpaired) electrons. The SMILES string of the molecule is COC(=O)c1cccc(C(=O)Nc2ccc(OC)c(OC)c2)c1. The third-order valence-corrected chi connectivity index (χ3v) is 3.19. The number of amides is 1. The molecule has 2 rings (SSSR count). The van der Waals surface area contributed by atoms with Crippen molar-refractivity contribution < 1.29 is 23.8 Å². The standard InChI is InChI=1S/C17H17NO5/c1-21-14-8-7-13(10-15(14)22-2)18-16(19)11-5-4-6-12(9-11)17(20)23-3/h4-10H,1-3H3,(H,18,19). The fraction of sp³-hybridized carbons (Fsp3) is 0.176. The van der Waals surface area contributed by atoms with Crippen LogP contribution in [0.25, 0.3) is 0 Å². The Kier molecular flexibility index (Phi) is 5.19. The molecular formula is C17H17NO5. The molecule has 1 amide bonds. The number of nitrogens with one attached hydrogen (secondary N) is 1. The Morgan fingerprint density at radius 2 is 1.57 bits per heavy atom. The summed E-state index contributed by atoms with van der Waals surface area (Å²) in [7, 11) is 4.34. The summed E-state index contributed by atoms with van der Waals surface area (Å²) in [5.41, 5.74) is 1.21. The average Bonchev–Trinajstić information content (AvgIpc) is 2.60. The maximum atomic E-state index is 12.3. The molecule has 0 heterocycles. The zero-order valence-corrected chi connectivity index (χ0v) is 13.1. The molecule has 2 aromatic rings. The molecule has 0 saturated carbocycles. The minimum atomic E-state index is -0.495. The number of carbonyl (C=O) groups excluding carboxylic acids is 2. The van der Waals surface area contributed by atoms with E-state index in [9.17, 15) is 9.59 Å². The molecule has 6 nitrogen and oxygen atoms in total. The molecule has 0 aliphatic rings. The van der Waals surface area contributed by atoms with Crippen LogP contribution in [0.2, 0.25) is 0 Å². The molecule has 0 fully saturated rings. The molecule has 6 heteroatoms. The van der Waals surface area contributed by atoms with E-state index in [1.54, 1.807) is 36.4 Å². The van der Waals surface area contributed by atoms with Gasteiger partial charge in [0.1, 0.15) is 0 Å². The Bertz CT molecular complexity index is 727. The van der Waals surface area contributed by atoms with Gasteiger partial charge in [-0.1, -0.05) is 6.07 Å². The van der Waals surface area contributed by atoms with Gasteiger partial charge in [-0.15, -0.1) is 0 Å². The van der Waals surface area contributed by atoms with Crippen molar-refractivity contribution in [3.63, 3.8) is 0 Å². The van der Waals surface area contributed by atoms with Crippen molar-refractivity contribution in [3.05, 3.63) is 53.6 Å². The lowest BCUT2D eigenvalue weighted by Gasteiger charge is -2.11. The quantitative estimate of drug-likeness (QED) is 0.859. The van der Waals surface area contributed by atoms with Gasteiger partial charge in [0.2, 0.25) is 0 Å². The van der Waals surface area contributed by atoms with Gasteiger partial charge in [-0.25, -0.2) is 4.79 Å². The lowest BCUT2D eigenvalue weighted by molar-refractivity contribution is 0.0600. The molecule has 1 N–H and O–H groups in total. The number of methoxy groups -OCH3 is 3. The minimum Gasteiger partial charge on any atom is -0.493 e. The Labute approximate surface area is 134 Å². The van der Waals surface area contributed by atoms with Crippen LogP contribution in [0.4, 0.5) is 5.69 Å². The predicted molar refractivity (Wildman–Crippen MR) is 85.3 cm³/mol. The summed E-state index contributed by atoms with van der Waals surface area (Å²) in [4.78, 5) is 23.8. The molecular weight excluding hydrogens is 298 g/mol. The number of ether oxygens (including phenoxy) is 3. The van der Waals surface area contributed by atoms with Crippen LogP contribution < -0.4 is 14.8 Å². The van der Waals surface area contributed by atoms with Gasteiger partial charge in [-0.05, 0) is 30.3 Å². The Balaban J connectivity index is 2.20. The smallest absolute Gasteiger partial charge is 0.337 e. The lowest BCUT2D eigenvalue weighted by atomic mass is 10.1. The normalized spacial score (nSPS) is 9.87. The van der Waals surface area contributed by atoms with Gasteiger partial charge < -0.3 is 19.5 Å². The van der Waals surface area contributed by atoms with Crippen molar-refractivity contribution >= 4 is 17.6 Å². The molecule has 0 atom stereocenters. The highest BCUT2D eigenvalue weighted by molar-refractivity contribution is 6.05. The maximum absolute atomic E-state index is 12.3. The summed E-state index contributed by atoms with van der Waals surface area (Å²) in [5, 5.41) is 2.74. The number of anilines is 1. The number of benzene rings is 2. The second-order valence-electron chi connectivity index (χ2n) is 4.60. The minimum absolute atomic E-state index is 0.312. The van der Waals surface area contributed by atoms with Crippen LogP contribution in [0.3, 0.4) is 0 Å². The molecule has 0 bridgehead atoms. The number of carbonyl (C=O) groups is 2. The highest BCUT2D eigenvalue weighted by Crippen LogP contribution is 2.29. The van der Waals surface area contributed by atoms with E-state index in [4.69, 9.17) is 9.47 Å². The Hall–Kier alpha value is -3.02. The molecule has 0 aromatic heterocycles. The molecule has 23 heavy (non-hydrogen) atoms. The van der Waals surface area contributed by atoms with E-state index in [1.165, 1.54) is 27.4 Å². The van der Waals surface area contributed by atoms with E-state index in [2.05, 4.69) is 10.1 Å². The van der Waals surface area contributed by atoms with Crippen LogP contribution in [0.15, 0.2) is 42.5 Å². The van der Waals surface area contributed by atoms with Gasteiger partial charge in [0.05, 0.1) is 26.9 Å². The monoisotopic (exact) mass is 315 g/mol. The van der Waals surface area contributed by atoms with Gasteiger partial charge in [0, 0.05) is 17.3 Å². The Morgan fingerprint density at radius 3 is 2.22 bits per heavy atom. The van der Waals surface area contributed by atoms with Crippen LogP contribution >= 0.6 is 0 Å². The summed E-state index contributed by atoms with van der Waals surface area (Å²) >= 11 is 0. The highest BCUT2D eigenvalue weighted by atomic mass is 16.5. The molecule has 0 unspecified atom stereocenters. The number of hydrogen-bond acceptors (Lipinski definition) is 5. The second-order valence-corrected chi connectivity index (χ2v) is 4.60. The molecule has 0 aliphatic heterocycles. The second kappa shape index (κ2) is 7.31. The van der Waals surface area contributed by atoms with Crippen LogP contribution in [0, 0.1) is 0 Å². The van der Waals surface area contributed by atoms with E-state index in [0.717, 1.165) is 0 Å². The average molecular weight is 315 g/mol. The molecule has 0 aliphatic carbocycles. The first-order valence-electron chi connectivity index (χ1n) is 6.80. The van der Waals surface area contributed by atoms with Crippen molar-refractivity contribution in [1.82, 2.24) is 0 Å². The highest BCUT2D eigenvalue weighted by Gasteiger charge is 2.12. The van der Waals surface area contributed by atoms with Crippen molar-refractivity contribution in [3.8, 4) is 11.5 Å². The van der Waals surface area contributed by atoms with E-state index < -0.39 is 5.97 Å². The van der Waals surface area contributed by atoms with Crippen molar-refractivity contribution in [1.29, 1.82) is 0 Å². The van der Waals surface area contributed by atoms with E-state index >= 15 is 0 Å². The largest absolute Gasteiger partial charge is 0.493 e. The first kappa shape index (κ1) is 16.4. The fourth-order valence-corrected chi connectivity index (χ4v) is 2.02. The van der Waals surface area contributed by atoms with Crippen molar-refractivity contribution in [2.45, 2.75) is 0 Å². The fourth-order valence-electron chi connectivity index (χ4n) is 2.02. The van der Waals surface area contributed by atoms with Crippen LogP contribution in [-0.4, -0.2) is 33.2 Å². The maximum Gasteiger partial charge on any atom is 0.337 e. The lowest BCUT2D eigenvalue weighted by Crippen LogP contribution is -2.13. The number of hydrogen-bond donors (Lipinski definition) is 1. The van der Waals surface area contributed by atoms with Crippen LogP contribution in [-0.2, 0) is 4.74 Å². The van der Waals surface area contributed by atoms with Crippen molar-refractivity contribution in [2.24, 2.45) is 0 Å². The van der Waals surface area contributed by atoms with Gasteiger partial charge in [-0.3, -0.25) is 4.79 Å². The summed E-state index contributed by atoms with van der Waals surface area (Å²) in [5.74, 6) is 0.237. The van der Waals surface area contributed by atoms with Crippen LogP contribution in [0.1, 0.15) is 20.7 Å². The van der Waals surface area contributed by atoms with Gasteiger partial charge in [0.15, 0.2) is 11.5 Å². The van der Waals surface area contributed by atoms with Gasteiger partial charge in [0.25, 0.3) is 5.91 Å². The first-order chi connectivity index (χ1) is 11.1. The summed E-state index contributed by atoms with van der Waals surface area (Å²) in [6.07, 6.45) is 0. The summed E-state index contributed by atoms with van der Waals surface area (Å²) in [6, 6.07) is 11.3. The van der Waals surface area contributed by atoms with E-state index in [-0.39, 0.29) is 5.91 Å². The molecule has 2 aromatic carbocycles. The van der Waals surface area contributed by atoms with Crippen molar-refractivity contribution in [2.75, 3.05) is 26.6 Å². The van der Waals surface area contributed by atoms with E-state index in [1.807, 2.05) is 0 Å². The zero-order chi connectivity index (χ0) is 16.8. The molecule has 0 saturated heterocycles. The van der Waals surface area contributed by atoms with Gasteiger partial charge >= 0.3 is 5.97 Å². The zero-order valence-electron chi connectivity index (χ0n) is 13.1. The summed E-state index contributed by atoms with van der Waals surface area (Å²) < 4.78 is 15.0. The predicted octanol–water partition coefficient (Wildman–Crippen LogP) is 2.74. The Morgan fingerprint density at radius 1 is 0.870 bits per heavy atom. The summed E-state index contributed by atoms with van der Waals surface area (Å²) in [6.45, 7) is 0. The third-order valence-electron chi connectivity index (χ3n) is 3.19. The topological polar surface area (TPSA) is 73.9 Å². The molecule has 0 spiro atoms. The number of esters is 1.